The van der Waals surface area contributed by atoms with Crippen molar-refractivity contribution in [3.63, 3.8) is 0 Å². The van der Waals surface area contributed by atoms with Crippen LogP contribution in [0.5, 0.6) is 0 Å². The summed E-state index contributed by atoms with van der Waals surface area (Å²) in [5, 5.41) is 10.5. The molecule has 6 nitrogen and oxygen atoms in total. The molecule has 6 heteroatoms. The van der Waals surface area contributed by atoms with Crippen molar-refractivity contribution in [3.8, 4) is 0 Å². The number of nitrogens with one attached hydrogen (secondary N) is 1. The maximum absolute atomic E-state index is 12.6. The summed E-state index contributed by atoms with van der Waals surface area (Å²) in [5.74, 6) is 0.701. The van der Waals surface area contributed by atoms with Gasteiger partial charge < -0.3 is 15.0 Å². The minimum atomic E-state index is -0.393. The first kappa shape index (κ1) is 19.3. The van der Waals surface area contributed by atoms with E-state index in [9.17, 15) is 14.7 Å². The van der Waals surface area contributed by atoms with Gasteiger partial charge in [-0.1, -0.05) is 30.3 Å². The van der Waals surface area contributed by atoms with Crippen LogP contribution >= 0.6 is 0 Å². The second-order valence-electron chi connectivity index (χ2n) is 7.37. The van der Waals surface area contributed by atoms with Crippen molar-refractivity contribution in [2.45, 2.75) is 45.6 Å². The van der Waals surface area contributed by atoms with Crippen molar-refractivity contribution >= 4 is 5.91 Å². The first-order valence-electron chi connectivity index (χ1n) is 9.50. The molecule has 0 radical (unpaired) electrons. The molecule has 3 rings (SSSR count). The average Bonchev–Trinajstić information content (AvgIpc) is 2.65. The number of benzene rings is 1. The third-order valence-corrected chi connectivity index (χ3v) is 5.39. The molecule has 1 saturated heterocycles. The van der Waals surface area contributed by atoms with Gasteiger partial charge in [-0.2, -0.15) is 0 Å². The van der Waals surface area contributed by atoms with E-state index in [1.165, 1.54) is 0 Å². The number of aryl methyl sites for hydroxylation is 2. The molecule has 2 heterocycles. The van der Waals surface area contributed by atoms with Gasteiger partial charge in [-0.3, -0.25) is 9.59 Å². The summed E-state index contributed by atoms with van der Waals surface area (Å²) in [6.07, 6.45) is 1.88. The SMILES string of the molecule is Cc1nc(C)c(CC(=O)N2CCC([C@H](O)Cc3ccccc3)CC2)c(=O)[nH]1. The number of nitrogens with zero attached hydrogens (tertiary/aromatic N) is 2. The molecule has 1 atom stereocenters. The minimum absolute atomic E-state index is 0.0507. The number of likely N-dealkylation sites (tertiary alicyclic amines) is 1. The smallest absolute Gasteiger partial charge is 0.254 e. The van der Waals surface area contributed by atoms with E-state index in [4.69, 9.17) is 0 Å². The normalized spacial score (nSPS) is 16.3. The van der Waals surface area contributed by atoms with Gasteiger partial charge in [0.1, 0.15) is 5.82 Å². The Hall–Kier alpha value is -2.47. The van der Waals surface area contributed by atoms with Crippen LogP contribution in [-0.2, 0) is 17.6 Å². The van der Waals surface area contributed by atoms with Crippen LogP contribution in [0.2, 0.25) is 0 Å². The Kier molecular flexibility index (Phi) is 6.06. The van der Waals surface area contributed by atoms with Gasteiger partial charge in [0.2, 0.25) is 5.91 Å². The van der Waals surface area contributed by atoms with Crippen molar-refractivity contribution in [2.75, 3.05) is 13.1 Å². The number of hydrogen-bond donors (Lipinski definition) is 2. The predicted octanol–water partition coefficient (Wildman–Crippen LogP) is 1.77. The monoisotopic (exact) mass is 369 g/mol. The molecule has 0 unspecified atom stereocenters. The zero-order valence-corrected chi connectivity index (χ0v) is 15.9. The van der Waals surface area contributed by atoms with Gasteiger partial charge in [-0.15, -0.1) is 0 Å². The molecule has 2 N–H and O–H groups in total. The molecule has 1 aliphatic heterocycles. The second kappa shape index (κ2) is 8.48. The number of carbonyl (C=O) groups is 1. The molecule has 1 aromatic carbocycles. The summed E-state index contributed by atoms with van der Waals surface area (Å²) in [7, 11) is 0. The summed E-state index contributed by atoms with van der Waals surface area (Å²) in [6.45, 7) is 4.72. The van der Waals surface area contributed by atoms with Gasteiger partial charge in [-0.25, -0.2) is 4.98 Å². The molecule has 144 valence electrons. The zero-order chi connectivity index (χ0) is 19.4. The van der Waals surface area contributed by atoms with E-state index in [-0.39, 0.29) is 23.8 Å². The highest BCUT2D eigenvalue weighted by molar-refractivity contribution is 5.79. The summed E-state index contributed by atoms with van der Waals surface area (Å²) in [4.78, 5) is 33.4. The van der Waals surface area contributed by atoms with Crippen LogP contribution in [0.3, 0.4) is 0 Å². The van der Waals surface area contributed by atoms with Gasteiger partial charge in [0.05, 0.1) is 12.5 Å². The van der Waals surface area contributed by atoms with E-state index < -0.39 is 6.10 Å². The minimum Gasteiger partial charge on any atom is -0.392 e. The van der Waals surface area contributed by atoms with Crippen molar-refractivity contribution in [1.82, 2.24) is 14.9 Å². The Morgan fingerprint density at radius 3 is 2.56 bits per heavy atom. The summed E-state index contributed by atoms with van der Waals surface area (Å²) in [5.41, 5.74) is 1.95. The number of aromatic amines is 1. The van der Waals surface area contributed by atoms with Gasteiger partial charge in [0.25, 0.3) is 5.56 Å². The maximum Gasteiger partial charge on any atom is 0.254 e. The number of aromatic nitrogens is 2. The molecule has 1 aliphatic rings. The van der Waals surface area contributed by atoms with E-state index in [2.05, 4.69) is 9.97 Å². The number of piperidine rings is 1. The highest BCUT2D eigenvalue weighted by Gasteiger charge is 2.28. The molecule has 2 aromatic rings. The lowest BCUT2D eigenvalue weighted by molar-refractivity contribution is -0.132. The van der Waals surface area contributed by atoms with Crippen LogP contribution in [0, 0.1) is 19.8 Å². The third-order valence-electron chi connectivity index (χ3n) is 5.39. The standard InChI is InChI=1S/C21H27N3O3/c1-14-18(21(27)23-15(2)22-14)13-20(26)24-10-8-17(9-11-24)19(25)12-16-6-4-3-5-7-16/h3-7,17,19,25H,8-13H2,1-2H3,(H,22,23,27)/t19-/m1/s1. The summed E-state index contributed by atoms with van der Waals surface area (Å²) in [6, 6.07) is 9.98. The number of rotatable bonds is 5. The van der Waals surface area contributed by atoms with Crippen molar-refractivity contribution in [2.24, 2.45) is 5.92 Å². The molecule has 27 heavy (non-hydrogen) atoms. The van der Waals surface area contributed by atoms with Crippen LogP contribution in [-0.4, -0.2) is 45.1 Å². The van der Waals surface area contributed by atoms with Crippen LogP contribution in [0.25, 0.3) is 0 Å². The van der Waals surface area contributed by atoms with Crippen LogP contribution in [0.4, 0.5) is 0 Å². The fourth-order valence-electron chi connectivity index (χ4n) is 3.78. The number of aliphatic hydroxyl groups is 1. The quantitative estimate of drug-likeness (QED) is 0.841. The number of H-pyrrole nitrogens is 1. The Morgan fingerprint density at radius 1 is 1.26 bits per heavy atom. The van der Waals surface area contributed by atoms with Crippen LogP contribution in [0.1, 0.15) is 35.5 Å². The fraction of sp³-hybridized carbons (Fsp3) is 0.476. The molecule has 1 amide bonds. The van der Waals surface area contributed by atoms with Gasteiger partial charge in [-0.05, 0) is 44.6 Å². The third kappa shape index (κ3) is 4.83. The molecule has 0 saturated carbocycles. The van der Waals surface area contributed by atoms with E-state index in [1.807, 2.05) is 30.3 Å². The fourth-order valence-corrected chi connectivity index (χ4v) is 3.78. The lowest BCUT2D eigenvalue weighted by atomic mass is 9.88. The molecular weight excluding hydrogens is 342 g/mol. The average molecular weight is 369 g/mol. The Labute approximate surface area is 159 Å². The van der Waals surface area contributed by atoms with E-state index in [0.717, 1.165) is 18.4 Å². The molecule has 0 spiro atoms. The Morgan fingerprint density at radius 2 is 1.93 bits per heavy atom. The largest absolute Gasteiger partial charge is 0.392 e. The van der Waals surface area contributed by atoms with E-state index >= 15 is 0 Å². The van der Waals surface area contributed by atoms with Crippen molar-refractivity contribution in [3.05, 3.63) is 63.3 Å². The van der Waals surface area contributed by atoms with Gasteiger partial charge >= 0.3 is 0 Å². The lowest BCUT2D eigenvalue weighted by Gasteiger charge is -2.34. The molecule has 0 bridgehead atoms. The Bertz CT molecular complexity index is 839. The summed E-state index contributed by atoms with van der Waals surface area (Å²) >= 11 is 0. The highest BCUT2D eigenvalue weighted by Crippen LogP contribution is 2.23. The van der Waals surface area contributed by atoms with Crippen molar-refractivity contribution in [1.29, 1.82) is 0 Å². The zero-order valence-electron chi connectivity index (χ0n) is 15.9. The highest BCUT2D eigenvalue weighted by atomic mass is 16.3. The maximum atomic E-state index is 12.6. The molecule has 1 fully saturated rings. The van der Waals surface area contributed by atoms with Crippen LogP contribution in [0.15, 0.2) is 35.1 Å². The van der Waals surface area contributed by atoms with E-state index in [0.29, 0.717) is 36.6 Å². The molecular formula is C21H27N3O3. The molecule has 0 aliphatic carbocycles. The Balaban J connectivity index is 1.54. The topological polar surface area (TPSA) is 86.3 Å². The van der Waals surface area contributed by atoms with E-state index in [1.54, 1.807) is 18.7 Å². The van der Waals surface area contributed by atoms with Gasteiger partial charge in [0, 0.05) is 24.3 Å². The van der Waals surface area contributed by atoms with Crippen molar-refractivity contribution < 1.29 is 9.90 Å². The number of amides is 1. The number of aliphatic hydroxyl groups excluding tert-OH is 1. The number of hydrogen-bond acceptors (Lipinski definition) is 4. The van der Waals surface area contributed by atoms with Gasteiger partial charge in [0.15, 0.2) is 0 Å². The molecule has 1 aromatic heterocycles. The van der Waals surface area contributed by atoms with Crippen LogP contribution < -0.4 is 5.56 Å². The lowest BCUT2D eigenvalue weighted by Crippen LogP contribution is -2.43. The first-order valence-corrected chi connectivity index (χ1v) is 9.50. The first-order chi connectivity index (χ1) is 12.9. The number of carbonyl (C=O) groups excluding carboxylic acids is 1. The predicted molar refractivity (Wildman–Crippen MR) is 103 cm³/mol. The summed E-state index contributed by atoms with van der Waals surface area (Å²) < 4.78 is 0. The second-order valence-corrected chi connectivity index (χ2v) is 7.37.